The molecule has 0 aliphatic rings. The Labute approximate surface area is 105 Å². The summed E-state index contributed by atoms with van der Waals surface area (Å²) in [5.74, 6) is -0.337. The van der Waals surface area contributed by atoms with Crippen LogP contribution in [0.25, 0.3) is 11.4 Å². The summed E-state index contributed by atoms with van der Waals surface area (Å²) in [4.78, 5) is 18.2. The van der Waals surface area contributed by atoms with Crippen molar-refractivity contribution in [2.45, 2.75) is 26.2 Å². The number of aryl methyl sites for hydroxylation is 1. The molecule has 18 heavy (non-hydrogen) atoms. The highest BCUT2D eigenvalue weighted by Gasteiger charge is 2.11. The van der Waals surface area contributed by atoms with Crippen molar-refractivity contribution in [1.82, 2.24) is 9.97 Å². The lowest BCUT2D eigenvalue weighted by Gasteiger charge is -2.05. The van der Waals surface area contributed by atoms with Crippen molar-refractivity contribution >= 4 is 0 Å². The van der Waals surface area contributed by atoms with Crippen LogP contribution in [0.4, 0.5) is 4.39 Å². The van der Waals surface area contributed by atoms with E-state index in [1.165, 1.54) is 0 Å². The Morgan fingerprint density at radius 1 is 1.28 bits per heavy atom. The topological polar surface area (TPSA) is 45.8 Å². The molecular weight excluding hydrogens is 231 g/mol. The third-order valence-corrected chi connectivity index (χ3v) is 2.75. The average molecular weight is 246 g/mol. The monoisotopic (exact) mass is 246 g/mol. The molecule has 2 aromatic rings. The zero-order chi connectivity index (χ0) is 13.0. The third kappa shape index (κ3) is 2.64. The Balaban J connectivity index is 2.44. The second kappa shape index (κ2) is 5.58. The first kappa shape index (κ1) is 12.5. The van der Waals surface area contributed by atoms with E-state index in [2.05, 4.69) is 9.97 Å². The molecule has 0 aliphatic heterocycles. The van der Waals surface area contributed by atoms with E-state index in [4.69, 9.17) is 0 Å². The molecule has 0 saturated heterocycles. The van der Waals surface area contributed by atoms with Gasteiger partial charge in [-0.25, -0.2) is 4.98 Å². The Morgan fingerprint density at radius 2 is 2.00 bits per heavy atom. The summed E-state index contributed by atoms with van der Waals surface area (Å²) in [7, 11) is 0. The van der Waals surface area contributed by atoms with E-state index in [0.717, 1.165) is 18.4 Å². The van der Waals surface area contributed by atoms with E-state index in [9.17, 15) is 9.18 Å². The van der Waals surface area contributed by atoms with Gasteiger partial charge in [0.05, 0.1) is 5.69 Å². The molecule has 0 amide bonds. The van der Waals surface area contributed by atoms with Gasteiger partial charge in [0.1, 0.15) is 5.82 Å². The number of nitrogens with zero attached hydrogens (tertiary/aromatic N) is 1. The molecule has 1 heterocycles. The fraction of sp³-hybridized carbons (Fsp3) is 0.286. The normalized spacial score (nSPS) is 10.6. The van der Waals surface area contributed by atoms with Gasteiger partial charge in [0.15, 0.2) is 0 Å². The molecule has 0 fully saturated rings. The fourth-order valence-corrected chi connectivity index (χ4v) is 1.75. The van der Waals surface area contributed by atoms with Gasteiger partial charge in [-0.15, -0.1) is 0 Å². The SMILES string of the molecule is CCCCc1nc(-c2ccccc2)[nH]c(=O)c1F. The van der Waals surface area contributed by atoms with Crippen LogP contribution in [0, 0.1) is 5.82 Å². The van der Waals surface area contributed by atoms with Gasteiger partial charge in [0, 0.05) is 5.56 Å². The van der Waals surface area contributed by atoms with Crippen LogP contribution in [0.2, 0.25) is 0 Å². The van der Waals surface area contributed by atoms with Gasteiger partial charge >= 0.3 is 0 Å². The van der Waals surface area contributed by atoms with Crippen LogP contribution in [-0.4, -0.2) is 9.97 Å². The van der Waals surface area contributed by atoms with Crippen LogP contribution < -0.4 is 5.56 Å². The standard InChI is InChI=1S/C14H15FN2O/c1-2-3-9-11-12(15)14(18)17-13(16-11)10-7-5-4-6-8-10/h4-8H,2-3,9H2,1H3,(H,16,17,18). The summed E-state index contributed by atoms with van der Waals surface area (Å²) >= 11 is 0. The van der Waals surface area contributed by atoms with Gasteiger partial charge in [-0.2, -0.15) is 4.39 Å². The molecule has 0 saturated carbocycles. The van der Waals surface area contributed by atoms with Crippen molar-refractivity contribution in [3.8, 4) is 11.4 Å². The van der Waals surface area contributed by atoms with Crippen LogP contribution >= 0.6 is 0 Å². The maximum atomic E-state index is 13.6. The van der Waals surface area contributed by atoms with E-state index in [0.29, 0.717) is 12.2 Å². The summed E-state index contributed by atoms with van der Waals surface area (Å²) in [5.41, 5.74) is 0.335. The smallest absolute Gasteiger partial charge is 0.287 e. The summed E-state index contributed by atoms with van der Waals surface area (Å²) in [6.07, 6.45) is 2.25. The second-order valence-electron chi connectivity index (χ2n) is 4.14. The molecule has 1 aromatic heterocycles. The lowest BCUT2D eigenvalue weighted by molar-refractivity contribution is 0.572. The second-order valence-corrected chi connectivity index (χ2v) is 4.14. The van der Waals surface area contributed by atoms with E-state index >= 15 is 0 Å². The number of hydrogen-bond acceptors (Lipinski definition) is 2. The highest BCUT2D eigenvalue weighted by atomic mass is 19.1. The van der Waals surface area contributed by atoms with Crippen molar-refractivity contribution in [2.75, 3.05) is 0 Å². The Kier molecular flexibility index (Phi) is 3.87. The van der Waals surface area contributed by atoms with Gasteiger partial charge in [-0.05, 0) is 12.8 Å². The van der Waals surface area contributed by atoms with Crippen LogP contribution in [0.3, 0.4) is 0 Å². The fourth-order valence-electron chi connectivity index (χ4n) is 1.75. The molecule has 2 rings (SSSR count). The first-order valence-corrected chi connectivity index (χ1v) is 6.06. The van der Waals surface area contributed by atoms with Crippen molar-refractivity contribution in [2.24, 2.45) is 0 Å². The largest absolute Gasteiger partial charge is 0.304 e. The van der Waals surface area contributed by atoms with Crippen molar-refractivity contribution in [3.05, 3.63) is 52.2 Å². The van der Waals surface area contributed by atoms with Gasteiger partial charge in [-0.3, -0.25) is 4.79 Å². The zero-order valence-electron chi connectivity index (χ0n) is 10.2. The van der Waals surface area contributed by atoms with E-state index in [1.54, 1.807) is 0 Å². The summed E-state index contributed by atoms with van der Waals surface area (Å²) in [6.45, 7) is 2.02. The predicted octanol–water partition coefficient (Wildman–Crippen LogP) is 2.92. The van der Waals surface area contributed by atoms with Crippen LogP contribution in [0.5, 0.6) is 0 Å². The Bertz CT molecular complexity index is 578. The number of H-pyrrole nitrogens is 1. The predicted molar refractivity (Wildman–Crippen MR) is 68.9 cm³/mol. The van der Waals surface area contributed by atoms with Gasteiger partial charge in [-0.1, -0.05) is 43.7 Å². The first-order valence-electron chi connectivity index (χ1n) is 6.06. The highest BCUT2D eigenvalue weighted by Crippen LogP contribution is 2.14. The van der Waals surface area contributed by atoms with E-state index < -0.39 is 11.4 Å². The van der Waals surface area contributed by atoms with Gasteiger partial charge in [0.2, 0.25) is 5.82 Å². The van der Waals surface area contributed by atoms with Crippen molar-refractivity contribution < 1.29 is 4.39 Å². The van der Waals surface area contributed by atoms with Crippen LogP contribution in [0.15, 0.2) is 35.1 Å². The molecule has 0 aliphatic carbocycles. The minimum Gasteiger partial charge on any atom is -0.304 e. The quantitative estimate of drug-likeness (QED) is 0.901. The molecule has 4 heteroatoms. The molecule has 3 nitrogen and oxygen atoms in total. The Morgan fingerprint density at radius 3 is 2.67 bits per heavy atom. The molecule has 0 atom stereocenters. The third-order valence-electron chi connectivity index (χ3n) is 2.75. The van der Waals surface area contributed by atoms with Gasteiger partial charge < -0.3 is 4.98 Å². The molecular formula is C14H15FN2O. The molecule has 0 unspecified atom stereocenters. The number of unbranched alkanes of at least 4 members (excludes halogenated alkanes) is 1. The molecule has 0 radical (unpaired) electrons. The summed E-state index contributed by atoms with van der Waals surface area (Å²) in [6, 6.07) is 9.25. The Hall–Kier alpha value is -1.97. The lowest BCUT2D eigenvalue weighted by Crippen LogP contribution is -2.17. The molecule has 94 valence electrons. The number of hydrogen-bond donors (Lipinski definition) is 1. The van der Waals surface area contributed by atoms with Crippen molar-refractivity contribution in [1.29, 1.82) is 0 Å². The number of benzene rings is 1. The minimum atomic E-state index is -0.761. The van der Waals surface area contributed by atoms with Crippen molar-refractivity contribution in [3.63, 3.8) is 0 Å². The number of nitrogens with one attached hydrogen (secondary N) is 1. The maximum absolute atomic E-state index is 13.6. The maximum Gasteiger partial charge on any atom is 0.287 e. The van der Waals surface area contributed by atoms with Gasteiger partial charge in [0.25, 0.3) is 5.56 Å². The number of aromatic nitrogens is 2. The molecule has 1 N–H and O–H groups in total. The zero-order valence-corrected chi connectivity index (χ0v) is 10.2. The van der Waals surface area contributed by atoms with E-state index in [1.807, 2.05) is 37.3 Å². The van der Waals surface area contributed by atoms with Crippen LogP contribution in [-0.2, 0) is 6.42 Å². The minimum absolute atomic E-state index is 0.249. The highest BCUT2D eigenvalue weighted by molar-refractivity contribution is 5.54. The molecule has 1 aromatic carbocycles. The number of halogens is 1. The summed E-state index contributed by atoms with van der Waals surface area (Å²) in [5, 5.41) is 0. The van der Waals surface area contributed by atoms with Crippen LogP contribution in [0.1, 0.15) is 25.5 Å². The summed E-state index contributed by atoms with van der Waals surface area (Å²) < 4.78 is 13.6. The molecule has 0 bridgehead atoms. The average Bonchev–Trinajstić information content (AvgIpc) is 2.41. The number of rotatable bonds is 4. The van der Waals surface area contributed by atoms with E-state index in [-0.39, 0.29) is 5.69 Å². The first-order chi connectivity index (χ1) is 8.72. The lowest BCUT2D eigenvalue weighted by atomic mass is 10.1. The molecule has 0 spiro atoms. The number of aromatic amines is 1.